The Morgan fingerprint density at radius 3 is 2.67 bits per heavy atom. The van der Waals surface area contributed by atoms with Gasteiger partial charge in [-0.1, -0.05) is 34.8 Å². The second kappa shape index (κ2) is 9.87. The molecule has 0 bridgehead atoms. The minimum atomic E-state index is -0.745. The second-order valence-corrected chi connectivity index (χ2v) is 9.71. The van der Waals surface area contributed by atoms with Gasteiger partial charge in [0.2, 0.25) is 0 Å². The summed E-state index contributed by atoms with van der Waals surface area (Å²) in [5.41, 5.74) is 4.84. The van der Waals surface area contributed by atoms with Gasteiger partial charge in [-0.15, -0.1) is 11.3 Å². The average molecular weight is 560 g/mol. The monoisotopic (exact) mass is 558 g/mol. The molecule has 5 rings (SSSR count). The number of fused-ring (bicyclic) bond motifs is 1. The van der Waals surface area contributed by atoms with Crippen LogP contribution in [0.5, 0.6) is 0 Å². The molecule has 3 aromatic heterocycles. The summed E-state index contributed by atoms with van der Waals surface area (Å²) in [7, 11) is 0. The molecule has 0 fully saturated rings. The van der Waals surface area contributed by atoms with Crippen LogP contribution >= 0.6 is 46.1 Å². The molecule has 2 aromatic carbocycles. The van der Waals surface area contributed by atoms with Crippen molar-refractivity contribution in [1.29, 1.82) is 5.26 Å². The molecule has 0 aliphatic heterocycles. The van der Waals surface area contributed by atoms with Crippen molar-refractivity contribution in [2.45, 2.75) is 13.0 Å². The standard InChI is InChI=1S/C23H14Cl3FN8S/c1-10-23(36-9-30-10)22(17-8-31-35-34-17)32-12-4-13-20(11(6-28)7-29-21(13)15(25)5-12)33-16-3-2-14(24)18(26)19(16)27/h2-5,7-9,22,32H,1H3,(H,29,33)(H,31,34,35). The van der Waals surface area contributed by atoms with Gasteiger partial charge < -0.3 is 10.6 Å². The largest absolute Gasteiger partial charge is 0.372 e. The fourth-order valence-corrected chi connectivity index (χ4v) is 5.14. The summed E-state index contributed by atoms with van der Waals surface area (Å²) in [4.78, 5) is 9.63. The number of benzene rings is 2. The van der Waals surface area contributed by atoms with E-state index in [1.165, 1.54) is 29.7 Å². The third kappa shape index (κ3) is 4.42. The van der Waals surface area contributed by atoms with Gasteiger partial charge in [0.05, 0.1) is 59.8 Å². The maximum atomic E-state index is 14.8. The molecule has 0 saturated heterocycles. The number of aromatic amines is 1. The zero-order valence-electron chi connectivity index (χ0n) is 18.3. The molecule has 0 aliphatic rings. The van der Waals surface area contributed by atoms with Gasteiger partial charge >= 0.3 is 0 Å². The van der Waals surface area contributed by atoms with Crippen LogP contribution in [-0.4, -0.2) is 25.4 Å². The van der Waals surface area contributed by atoms with Gasteiger partial charge in [0.1, 0.15) is 17.8 Å². The van der Waals surface area contributed by atoms with Gasteiger partial charge in [-0.25, -0.2) is 9.37 Å². The lowest BCUT2D eigenvalue weighted by atomic mass is 10.1. The first kappa shape index (κ1) is 24.2. The zero-order chi connectivity index (χ0) is 25.4. The van der Waals surface area contributed by atoms with Crippen molar-refractivity contribution < 1.29 is 4.39 Å². The first-order valence-electron chi connectivity index (χ1n) is 10.3. The molecule has 0 amide bonds. The Balaban J connectivity index is 1.64. The van der Waals surface area contributed by atoms with Gasteiger partial charge in [-0.2, -0.15) is 20.7 Å². The lowest BCUT2D eigenvalue weighted by molar-refractivity contribution is 0.632. The number of anilines is 3. The Labute approximate surface area is 223 Å². The number of nitrogens with zero attached hydrogens (tertiary/aromatic N) is 5. The summed E-state index contributed by atoms with van der Waals surface area (Å²) < 4.78 is 14.8. The fourth-order valence-electron chi connectivity index (χ4n) is 3.70. The van der Waals surface area contributed by atoms with Gasteiger partial charge in [0.25, 0.3) is 0 Å². The number of nitriles is 1. The third-order valence-electron chi connectivity index (χ3n) is 5.43. The molecule has 0 spiro atoms. The lowest BCUT2D eigenvalue weighted by Crippen LogP contribution is -2.13. The van der Waals surface area contributed by atoms with Crippen LogP contribution in [0.1, 0.15) is 27.9 Å². The van der Waals surface area contributed by atoms with E-state index in [0.717, 1.165) is 10.6 Å². The number of halogens is 4. The average Bonchev–Trinajstić information content (AvgIpc) is 3.55. The highest BCUT2D eigenvalue weighted by Crippen LogP contribution is 2.39. The predicted molar refractivity (Wildman–Crippen MR) is 140 cm³/mol. The van der Waals surface area contributed by atoms with Crippen LogP contribution in [0.25, 0.3) is 10.9 Å². The Morgan fingerprint density at radius 1 is 1.14 bits per heavy atom. The molecule has 180 valence electrons. The Morgan fingerprint density at radius 2 is 1.97 bits per heavy atom. The molecule has 0 aliphatic carbocycles. The quantitative estimate of drug-likeness (QED) is 0.191. The van der Waals surface area contributed by atoms with Crippen LogP contribution in [-0.2, 0) is 0 Å². The number of H-pyrrole nitrogens is 1. The van der Waals surface area contributed by atoms with Crippen LogP contribution in [0.3, 0.4) is 0 Å². The number of rotatable bonds is 6. The molecule has 0 saturated carbocycles. The summed E-state index contributed by atoms with van der Waals surface area (Å²) in [6, 6.07) is 8.11. The van der Waals surface area contributed by atoms with Crippen molar-refractivity contribution >= 4 is 74.1 Å². The SMILES string of the molecule is Cc1ncsc1C(Nc1cc(Cl)c2ncc(C#N)c(Nc3ccc(Cl)c(Cl)c3F)c2c1)c1cn[nH]n1. The Kier molecular flexibility index (Phi) is 6.64. The summed E-state index contributed by atoms with van der Waals surface area (Å²) in [6.07, 6.45) is 2.99. The molecule has 0 radical (unpaired) electrons. The predicted octanol–water partition coefficient (Wildman–Crippen LogP) is 7.03. The number of thiazole rings is 1. The molecule has 5 aromatic rings. The highest BCUT2D eigenvalue weighted by Gasteiger charge is 2.23. The highest BCUT2D eigenvalue weighted by atomic mass is 35.5. The van der Waals surface area contributed by atoms with Crippen molar-refractivity contribution in [2.75, 3.05) is 10.6 Å². The van der Waals surface area contributed by atoms with Crippen molar-refractivity contribution in [3.63, 3.8) is 0 Å². The smallest absolute Gasteiger partial charge is 0.166 e. The van der Waals surface area contributed by atoms with Gasteiger partial charge in [0.15, 0.2) is 5.82 Å². The number of aryl methyl sites for hydroxylation is 1. The summed E-state index contributed by atoms with van der Waals surface area (Å²) in [5, 5.41) is 27.6. The topological polar surface area (TPSA) is 115 Å². The van der Waals surface area contributed by atoms with Crippen LogP contribution in [0.15, 0.2) is 42.2 Å². The van der Waals surface area contributed by atoms with E-state index in [2.05, 4.69) is 42.1 Å². The number of aromatic nitrogens is 5. The van der Waals surface area contributed by atoms with E-state index in [4.69, 9.17) is 34.8 Å². The molecule has 3 N–H and O–H groups in total. The van der Waals surface area contributed by atoms with Crippen molar-refractivity contribution in [1.82, 2.24) is 25.4 Å². The van der Waals surface area contributed by atoms with E-state index in [1.807, 2.05) is 6.92 Å². The molecular weight excluding hydrogens is 546 g/mol. The van der Waals surface area contributed by atoms with Crippen molar-refractivity contribution in [3.05, 3.63) is 84.9 Å². The lowest BCUT2D eigenvalue weighted by Gasteiger charge is -2.19. The second-order valence-electron chi connectivity index (χ2n) is 7.64. The highest BCUT2D eigenvalue weighted by molar-refractivity contribution is 7.09. The van der Waals surface area contributed by atoms with Crippen LogP contribution in [0.4, 0.5) is 21.5 Å². The molecule has 8 nitrogen and oxygen atoms in total. The van der Waals surface area contributed by atoms with E-state index < -0.39 is 5.82 Å². The normalized spacial score (nSPS) is 11.9. The first-order chi connectivity index (χ1) is 17.4. The maximum absolute atomic E-state index is 14.8. The van der Waals surface area contributed by atoms with Crippen molar-refractivity contribution in [2.24, 2.45) is 0 Å². The van der Waals surface area contributed by atoms with Crippen LogP contribution in [0, 0.1) is 24.1 Å². The Bertz CT molecular complexity index is 1630. The minimum Gasteiger partial charge on any atom is -0.372 e. The molecule has 36 heavy (non-hydrogen) atoms. The van der Waals surface area contributed by atoms with E-state index in [9.17, 15) is 9.65 Å². The summed E-state index contributed by atoms with van der Waals surface area (Å²) >= 11 is 20.0. The molecular formula is C23H14Cl3FN8S. The van der Waals surface area contributed by atoms with Crippen LogP contribution in [0.2, 0.25) is 15.1 Å². The number of pyridine rings is 1. The number of hydrogen-bond acceptors (Lipinski definition) is 8. The van der Waals surface area contributed by atoms with Crippen LogP contribution < -0.4 is 10.6 Å². The molecule has 13 heteroatoms. The fraction of sp³-hybridized carbons (Fsp3) is 0.0870. The van der Waals surface area contributed by atoms with E-state index in [1.54, 1.807) is 23.8 Å². The molecule has 3 heterocycles. The minimum absolute atomic E-state index is 0.0450. The number of nitrogens with one attached hydrogen (secondary N) is 3. The Hall–Kier alpha value is -3.49. The van der Waals surface area contributed by atoms with E-state index in [0.29, 0.717) is 33.0 Å². The zero-order valence-corrected chi connectivity index (χ0v) is 21.4. The molecule has 1 atom stereocenters. The van der Waals surface area contributed by atoms with Gasteiger partial charge in [0, 0.05) is 17.3 Å². The van der Waals surface area contributed by atoms with E-state index >= 15 is 0 Å². The number of hydrogen-bond donors (Lipinski definition) is 3. The third-order valence-corrected chi connectivity index (χ3v) is 7.49. The molecule has 1 unspecified atom stereocenters. The van der Waals surface area contributed by atoms with Gasteiger partial charge in [-0.3, -0.25) is 4.98 Å². The first-order valence-corrected chi connectivity index (χ1v) is 12.3. The van der Waals surface area contributed by atoms with E-state index in [-0.39, 0.29) is 27.3 Å². The van der Waals surface area contributed by atoms with Crippen molar-refractivity contribution in [3.8, 4) is 6.07 Å². The summed E-state index contributed by atoms with van der Waals surface area (Å²) in [6.45, 7) is 1.91. The maximum Gasteiger partial charge on any atom is 0.166 e. The van der Waals surface area contributed by atoms with Gasteiger partial charge in [-0.05, 0) is 31.2 Å². The summed E-state index contributed by atoms with van der Waals surface area (Å²) in [5.74, 6) is -0.745.